The number of ether oxygens (including phenoxy) is 2. The van der Waals surface area contributed by atoms with E-state index in [1.807, 2.05) is 13.8 Å². The first-order valence-corrected chi connectivity index (χ1v) is 7.14. The Kier molecular flexibility index (Phi) is 8.03. The van der Waals surface area contributed by atoms with E-state index in [1.165, 1.54) is 0 Å². The molecule has 1 rings (SSSR count). The molecule has 1 saturated heterocycles. The van der Waals surface area contributed by atoms with Gasteiger partial charge in [0.1, 0.15) is 0 Å². The van der Waals surface area contributed by atoms with Gasteiger partial charge in [0.05, 0.1) is 18.8 Å². The van der Waals surface area contributed by atoms with Crippen molar-refractivity contribution in [1.29, 1.82) is 0 Å². The summed E-state index contributed by atoms with van der Waals surface area (Å²) in [5, 5.41) is 2.92. The summed E-state index contributed by atoms with van der Waals surface area (Å²) in [6.45, 7) is 9.71. The van der Waals surface area contributed by atoms with Crippen molar-refractivity contribution < 1.29 is 14.3 Å². The first-order chi connectivity index (χ1) is 8.79. The van der Waals surface area contributed by atoms with Crippen molar-refractivity contribution in [3.63, 3.8) is 0 Å². The molecule has 0 bridgehead atoms. The van der Waals surface area contributed by atoms with Gasteiger partial charge in [-0.15, -0.1) is 12.4 Å². The van der Waals surface area contributed by atoms with E-state index in [4.69, 9.17) is 15.2 Å². The van der Waals surface area contributed by atoms with Crippen LogP contribution in [0.15, 0.2) is 0 Å². The van der Waals surface area contributed by atoms with Gasteiger partial charge >= 0.3 is 0 Å². The molecular weight excluding hydrogens is 280 g/mol. The van der Waals surface area contributed by atoms with E-state index in [0.717, 1.165) is 12.8 Å². The molecule has 1 heterocycles. The van der Waals surface area contributed by atoms with E-state index in [0.29, 0.717) is 26.2 Å². The van der Waals surface area contributed by atoms with E-state index in [9.17, 15) is 4.79 Å². The summed E-state index contributed by atoms with van der Waals surface area (Å²) < 4.78 is 11.1. The molecule has 5 nitrogen and oxygen atoms in total. The molecule has 3 N–H and O–H groups in total. The van der Waals surface area contributed by atoms with Gasteiger partial charge in [-0.2, -0.15) is 0 Å². The smallest absolute Gasteiger partial charge is 0.239 e. The molecule has 1 aliphatic rings. The number of carbonyl (C=O) groups excluding carboxylic acids is 1. The van der Waals surface area contributed by atoms with Crippen molar-refractivity contribution in [2.45, 2.75) is 58.3 Å². The summed E-state index contributed by atoms with van der Waals surface area (Å²) in [6, 6.07) is 0. The molecule has 2 unspecified atom stereocenters. The Bertz CT molecular complexity index is 305. The molecule has 0 aromatic rings. The molecule has 1 fully saturated rings. The lowest BCUT2D eigenvalue weighted by atomic mass is 9.95. The predicted octanol–water partition coefficient (Wildman–Crippen LogP) is 1.83. The fourth-order valence-electron chi connectivity index (χ4n) is 2.48. The molecular formula is C14H29ClN2O3. The Hall–Kier alpha value is -0.360. The molecule has 0 aromatic carbocycles. The minimum Gasteiger partial charge on any atom is -0.354 e. The maximum atomic E-state index is 12.0. The quantitative estimate of drug-likeness (QED) is 0.752. The highest BCUT2D eigenvalue weighted by atomic mass is 35.5. The second kappa shape index (κ2) is 8.17. The third kappa shape index (κ3) is 5.95. The van der Waals surface area contributed by atoms with Gasteiger partial charge in [0.25, 0.3) is 0 Å². The van der Waals surface area contributed by atoms with E-state index in [1.54, 1.807) is 6.92 Å². The van der Waals surface area contributed by atoms with Crippen LogP contribution in [0, 0.1) is 5.92 Å². The number of halogens is 1. The first-order valence-electron chi connectivity index (χ1n) is 7.14. The minimum atomic E-state index is -0.779. The summed E-state index contributed by atoms with van der Waals surface area (Å²) in [6.07, 6.45) is 2.36. The number of hydrogen-bond acceptors (Lipinski definition) is 4. The summed E-state index contributed by atoms with van der Waals surface area (Å²) in [5.41, 5.74) is 5.21. The number of rotatable bonds is 7. The molecule has 1 amide bonds. The Morgan fingerprint density at radius 2 is 2.00 bits per heavy atom. The number of carbonyl (C=O) groups is 1. The zero-order valence-electron chi connectivity index (χ0n) is 13.0. The van der Waals surface area contributed by atoms with E-state index in [2.05, 4.69) is 12.2 Å². The highest BCUT2D eigenvalue weighted by Gasteiger charge is 2.33. The molecule has 0 aliphatic carbocycles. The topological polar surface area (TPSA) is 73.6 Å². The summed E-state index contributed by atoms with van der Waals surface area (Å²) >= 11 is 0. The van der Waals surface area contributed by atoms with Gasteiger partial charge in [-0.25, -0.2) is 0 Å². The lowest BCUT2D eigenvalue weighted by molar-refractivity contribution is -0.154. The van der Waals surface area contributed by atoms with Crippen LogP contribution in [-0.4, -0.2) is 37.0 Å². The Morgan fingerprint density at radius 3 is 2.50 bits per heavy atom. The number of amides is 1. The van der Waals surface area contributed by atoms with Gasteiger partial charge in [-0.05, 0) is 26.2 Å². The first kappa shape index (κ1) is 19.6. The van der Waals surface area contributed by atoms with Crippen molar-refractivity contribution in [1.82, 2.24) is 5.32 Å². The Labute approximate surface area is 128 Å². The summed E-state index contributed by atoms with van der Waals surface area (Å²) in [4.78, 5) is 12.0. The normalized spacial score (nSPS) is 21.6. The summed E-state index contributed by atoms with van der Waals surface area (Å²) in [5.74, 6) is -0.302. The van der Waals surface area contributed by atoms with Crippen LogP contribution in [0.5, 0.6) is 0 Å². The average Bonchev–Trinajstić information content (AvgIpc) is 2.72. The lowest BCUT2D eigenvalue weighted by Crippen LogP contribution is -2.52. The standard InChI is InChI=1S/C14H28N2O3.ClH/c1-5-6-13(3,15)12(17)16-10-11(2)9-14(4)18-7-8-19-14;/h11H,5-10,15H2,1-4H3,(H,16,17);1H. The number of nitrogens with one attached hydrogen (secondary N) is 1. The third-order valence-corrected chi connectivity index (χ3v) is 3.52. The van der Waals surface area contributed by atoms with Crippen molar-refractivity contribution >= 4 is 18.3 Å². The van der Waals surface area contributed by atoms with E-state index >= 15 is 0 Å². The van der Waals surface area contributed by atoms with Gasteiger partial charge < -0.3 is 20.5 Å². The monoisotopic (exact) mass is 308 g/mol. The van der Waals surface area contributed by atoms with E-state index in [-0.39, 0.29) is 24.2 Å². The maximum Gasteiger partial charge on any atom is 0.239 e. The van der Waals surface area contributed by atoms with Crippen molar-refractivity contribution in [3.05, 3.63) is 0 Å². The minimum absolute atomic E-state index is 0. The van der Waals surface area contributed by atoms with Gasteiger partial charge in [0.15, 0.2) is 5.79 Å². The SMILES string of the molecule is CCCC(C)(N)C(=O)NCC(C)CC1(C)OCCO1.Cl. The van der Waals surface area contributed by atoms with Crippen LogP contribution >= 0.6 is 12.4 Å². The second-order valence-corrected chi connectivity index (χ2v) is 6.02. The van der Waals surface area contributed by atoms with Crippen LogP contribution in [0.3, 0.4) is 0 Å². The van der Waals surface area contributed by atoms with Crippen LogP contribution in [0.4, 0.5) is 0 Å². The molecule has 0 spiro atoms. The molecule has 1 aliphatic heterocycles. The molecule has 20 heavy (non-hydrogen) atoms. The summed E-state index contributed by atoms with van der Waals surface area (Å²) in [7, 11) is 0. The van der Waals surface area contributed by atoms with E-state index < -0.39 is 11.3 Å². The fraction of sp³-hybridized carbons (Fsp3) is 0.929. The van der Waals surface area contributed by atoms with Crippen molar-refractivity contribution in [2.24, 2.45) is 11.7 Å². The number of hydrogen-bond donors (Lipinski definition) is 2. The molecule has 2 atom stereocenters. The van der Waals surface area contributed by atoms with Gasteiger partial charge in [-0.1, -0.05) is 20.3 Å². The second-order valence-electron chi connectivity index (χ2n) is 6.02. The van der Waals surface area contributed by atoms with Crippen LogP contribution in [0.1, 0.15) is 47.0 Å². The Morgan fingerprint density at radius 1 is 1.45 bits per heavy atom. The van der Waals surface area contributed by atoms with Crippen LogP contribution in [0.2, 0.25) is 0 Å². The van der Waals surface area contributed by atoms with Crippen LogP contribution < -0.4 is 11.1 Å². The van der Waals surface area contributed by atoms with Gasteiger partial charge in [0, 0.05) is 13.0 Å². The molecule has 0 radical (unpaired) electrons. The maximum absolute atomic E-state index is 12.0. The molecule has 0 saturated carbocycles. The van der Waals surface area contributed by atoms with Crippen LogP contribution in [-0.2, 0) is 14.3 Å². The highest BCUT2D eigenvalue weighted by Crippen LogP contribution is 2.26. The lowest BCUT2D eigenvalue weighted by Gasteiger charge is -2.27. The van der Waals surface area contributed by atoms with Gasteiger partial charge in [-0.3, -0.25) is 4.79 Å². The van der Waals surface area contributed by atoms with Crippen LogP contribution in [0.25, 0.3) is 0 Å². The fourth-order valence-corrected chi connectivity index (χ4v) is 2.48. The zero-order chi connectivity index (χ0) is 14.5. The Balaban J connectivity index is 0.00000361. The largest absolute Gasteiger partial charge is 0.354 e. The number of nitrogens with two attached hydrogens (primary N) is 1. The molecule has 0 aromatic heterocycles. The van der Waals surface area contributed by atoms with Crippen molar-refractivity contribution in [3.8, 4) is 0 Å². The third-order valence-electron chi connectivity index (χ3n) is 3.52. The zero-order valence-corrected chi connectivity index (χ0v) is 13.8. The average molecular weight is 309 g/mol. The molecule has 6 heteroatoms. The van der Waals surface area contributed by atoms with Crippen molar-refractivity contribution in [2.75, 3.05) is 19.8 Å². The van der Waals surface area contributed by atoms with Gasteiger partial charge in [0.2, 0.25) is 5.91 Å². The molecule has 120 valence electrons. The highest BCUT2D eigenvalue weighted by molar-refractivity contribution is 5.85. The predicted molar refractivity (Wildman–Crippen MR) is 81.8 cm³/mol.